The molecule has 136 valence electrons. The minimum atomic E-state index is -1.45. The van der Waals surface area contributed by atoms with E-state index in [1.807, 2.05) is 0 Å². The highest BCUT2D eigenvalue weighted by Gasteiger charge is 2.38. The van der Waals surface area contributed by atoms with Crippen molar-refractivity contribution >= 4 is 23.7 Å². The molecule has 1 rings (SSSR count). The van der Waals surface area contributed by atoms with E-state index in [0.717, 1.165) is 0 Å². The van der Waals surface area contributed by atoms with E-state index in [4.69, 9.17) is 10.8 Å². The minimum Gasteiger partial charge on any atom is -0.480 e. The number of carboxylic acids is 1. The number of hydrogen-bond acceptors (Lipinski definition) is 6. The van der Waals surface area contributed by atoms with Gasteiger partial charge in [-0.2, -0.15) is 0 Å². The number of nitrogens with one attached hydrogen (secondary N) is 2. The average Bonchev–Trinajstić information content (AvgIpc) is 3.00. The molecule has 0 aromatic heterocycles. The normalized spacial score (nSPS) is 20.8. The number of nitrogens with two attached hydrogens (primary N) is 1. The predicted octanol–water partition coefficient (Wildman–Crippen LogP) is -2.61. The number of likely N-dealkylation sites (tertiary alicyclic amines) is 1. The standard InChI is InChI=1S/C14H24N4O6/c1-7(16-10(20)6-15)13(22)18-5-3-4-9(18)12(21)17-11(8(2)19)14(23)24/h7-9,11,19H,3-6,15H2,1-2H3,(H,16,20)(H,17,21)(H,23,24). The largest absolute Gasteiger partial charge is 0.480 e. The van der Waals surface area contributed by atoms with Crippen molar-refractivity contribution in [3.8, 4) is 0 Å². The van der Waals surface area contributed by atoms with E-state index < -0.39 is 47.9 Å². The summed E-state index contributed by atoms with van der Waals surface area (Å²) < 4.78 is 0. The third kappa shape index (κ3) is 4.90. The van der Waals surface area contributed by atoms with Crippen molar-refractivity contribution in [2.24, 2.45) is 5.73 Å². The first-order chi connectivity index (χ1) is 11.2. The maximum Gasteiger partial charge on any atom is 0.328 e. The number of aliphatic carboxylic acids is 1. The van der Waals surface area contributed by atoms with Gasteiger partial charge in [-0.05, 0) is 26.7 Å². The first-order valence-electron chi connectivity index (χ1n) is 7.70. The van der Waals surface area contributed by atoms with Gasteiger partial charge in [0.2, 0.25) is 17.7 Å². The van der Waals surface area contributed by atoms with Crippen LogP contribution in [0.25, 0.3) is 0 Å². The highest BCUT2D eigenvalue weighted by molar-refractivity contribution is 5.93. The molecule has 10 nitrogen and oxygen atoms in total. The molecular formula is C14H24N4O6. The van der Waals surface area contributed by atoms with Gasteiger partial charge in [-0.3, -0.25) is 14.4 Å². The number of carboxylic acid groups (broad SMARTS) is 1. The molecule has 0 spiro atoms. The Kier molecular flexibility index (Phi) is 7.11. The molecule has 1 aliphatic rings. The number of hydrogen-bond donors (Lipinski definition) is 5. The first kappa shape index (κ1) is 19.8. The fourth-order valence-corrected chi connectivity index (χ4v) is 2.55. The number of rotatable bonds is 7. The SMILES string of the molecule is CC(NC(=O)CN)C(=O)N1CCCC1C(=O)NC(C(=O)O)C(C)O. The Morgan fingerprint density at radius 1 is 1.25 bits per heavy atom. The summed E-state index contributed by atoms with van der Waals surface area (Å²) in [5.41, 5.74) is 5.18. The van der Waals surface area contributed by atoms with Crippen LogP contribution in [0.4, 0.5) is 0 Å². The van der Waals surface area contributed by atoms with Gasteiger partial charge in [0, 0.05) is 6.54 Å². The first-order valence-corrected chi connectivity index (χ1v) is 7.70. The lowest BCUT2D eigenvalue weighted by Crippen LogP contribution is -2.56. The van der Waals surface area contributed by atoms with Crippen LogP contribution in [0.1, 0.15) is 26.7 Å². The van der Waals surface area contributed by atoms with E-state index in [9.17, 15) is 24.3 Å². The minimum absolute atomic E-state index is 0.254. The zero-order chi connectivity index (χ0) is 18.4. The van der Waals surface area contributed by atoms with Gasteiger partial charge in [0.05, 0.1) is 12.6 Å². The lowest BCUT2D eigenvalue weighted by Gasteiger charge is -2.28. The highest BCUT2D eigenvalue weighted by atomic mass is 16.4. The summed E-state index contributed by atoms with van der Waals surface area (Å²) in [6, 6.07) is -3.14. The second kappa shape index (κ2) is 8.60. The number of nitrogens with zero attached hydrogens (tertiary/aromatic N) is 1. The van der Waals surface area contributed by atoms with E-state index in [2.05, 4.69) is 10.6 Å². The van der Waals surface area contributed by atoms with Crippen molar-refractivity contribution in [2.45, 2.75) is 50.9 Å². The third-order valence-electron chi connectivity index (χ3n) is 3.82. The highest BCUT2D eigenvalue weighted by Crippen LogP contribution is 2.19. The van der Waals surface area contributed by atoms with Gasteiger partial charge in [-0.25, -0.2) is 4.79 Å². The van der Waals surface area contributed by atoms with E-state index in [-0.39, 0.29) is 6.54 Å². The fourth-order valence-electron chi connectivity index (χ4n) is 2.55. The summed E-state index contributed by atoms with van der Waals surface area (Å²) in [4.78, 5) is 48.3. The molecule has 0 aliphatic carbocycles. The molecule has 4 atom stereocenters. The van der Waals surface area contributed by atoms with Crippen LogP contribution in [0.15, 0.2) is 0 Å². The Morgan fingerprint density at radius 3 is 2.38 bits per heavy atom. The van der Waals surface area contributed by atoms with Crippen LogP contribution >= 0.6 is 0 Å². The average molecular weight is 344 g/mol. The molecule has 1 fully saturated rings. The summed E-state index contributed by atoms with van der Waals surface area (Å²) in [5.74, 6) is -2.95. The summed E-state index contributed by atoms with van der Waals surface area (Å²) in [7, 11) is 0. The Balaban J connectivity index is 2.76. The van der Waals surface area contributed by atoms with Crippen LogP contribution in [0, 0.1) is 0 Å². The van der Waals surface area contributed by atoms with Gasteiger partial charge in [0.25, 0.3) is 0 Å². The van der Waals surface area contributed by atoms with E-state index in [1.165, 1.54) is 18.7 Å². The van der Waals surface area contributed by atoms with Gasteiger partial charge in [-0.15, -0.1) is 0 Å². The molecule has 1 heterocycles. The van der Waals surface area contributed by atoms with Crippen LogP contribution in [0.3, 0.4) is 0 Å². The molecule has 0 saturated carbocycles. The molecule has 0 aromatic rings. The van der Waals surface area contributed by atoms with Crippen LogP contribution in [-0.2, 0) is 19.2 Å². The van der Waals surface area contributed by atoms with E-state index in [0.29, 0.717) is 19.4 Å². The zero-order valence-corrected chi connectivity index (χ0v) is 13.7. The number of aliphatic hydroxyl groups is 1. The van der Waals surface area contributed by atoms with E-state index in [1.54, 1.807) is 0 Å². The molecule has 24 heavy (non-hydrogen) atoms. The maximum absolute atomic E-state index is 12.4. The quantitative estimate of drug-likeness (QED) is 0.338. The summed E-state index contributed by atoms with van der Waals surface area (Å²) in [5, 5.41) is 23.1. The van der Waals surface area contributed by atoms with Crippen molar-refractivity contribution in [1.82, 2.24) is 15.5 Å². The van der Waals surface area contributed by atoms with Crippen LogP contribution in [0.2, 0.25) is 0 Å². The summed E-state index contributed by atoms with van der Waals surface area (Å²) in [6.07, 6.45) is -0.325. The monoisotopic (exact) mass is 344 g/mol. The van der Waals surface area contributed by atoms with Crippen LogP contribution in [0.5, 0.6) is 0 Å². The molecule has 0 bridgehead atoms. The molecule has 4 unspecified atom stereocenters. The molecule has 0 radical (unpaired) electrons. The second-order valence-electron chi connectivity index (χ2n) is 5.75. The predicted molar refractivity (Wildman–Crippen MR) is 82.6 cm³/mol. The van der Waals surface area contributed by atoms with Crippen molar-refractivity contribution in [1.29, 1.82) is 0 Å². The van der Waals surface area contributed by atoms with E-state index >= 15 is 0 Å². The van der Waals surface area contributed by atoms with Gasteiger partial charge >= 0.3 is 5.97 Å². The fraction of sp³-hybridized carbons (Fsp3) is 0.714. The van der Waals surface area contributed by atoms with Gasteiger partial charge < -0.3 is 31.5 Å². The summed E-state index contributed by atoms with van der Waals surface area (Å²) >= 11 is 0. The topological polar surface area (TPSA) is 162 Å². The Bertz CT molecular complexity index is 509. The van der Waals surface area contributed by atoms with Crippen molar-refractivity contribution in [3.05, 3.63) is 0 Å². The number of carbonyl (C=O) groups is 4. The smallest absolute Gasteiger partial charge is 0.328 e. The van der Waals surface area contributed by atoms with Gasteiger partial charge in [0.1, 0.15) is 12.1 Å². The third-order valence-corrected chi connectivity index (χ3v) is 3.82. The van der Waals surface area contributed by atoms with Gasteiger partial charge in [-0.1, -0.05) is 0 Å². The van der Waals surface area contributed by atoms with Crippen LogP contribution < -0.4 is 16.4 Å². The Hall–Kier alpha value is -2.20. The summed E-state index contributed by atoms with van der Waals surface area (Å²) in [6.45, 7) is 2.81. The van der Waals surface area contributed by atoms with Gasteiger partial charge in [0.15, 0.2) is 6.04 Å². The molecular weight excluding hydrogens is 320 g/mol. The van der Waals surface area contributed by atoms with Crippen molar-refractivity contribution in [3.63, 3.8) is 0 Å². The van der Waals surface area contributed by atoms with Crippen molar-refractivity contribution < 1.29 is 29.4 Å². The molecule has 6 N–H and O–H groups in total. The molecule has 10 heteroatoms. The van der Waals surface area contributed by atoms with Crippen LogP contribution in [-0.4, -0.2) is 76.1 Å². The maximum atomic E-state index is 12.4. The lowest BCUT2D eigenvalue weighted by atomic mass is 10.1. The number of carbonyl (C=O) groups excluding carboxylic acids is 3. The van der Waals surface area contributed by atoms with Crippen molar-refractivity contribution in [2.75, 3.05) is 13.1 Å². The molecule has 3 amide bonds. The number of aliphatic hydroxyl groups excluding tert-OH is 1. The number of amides is 3. The lowest BCUT2D eigenvalue weighted by molar-refractivity contribution is -0.147. The Labute approximate surface area is 139 Å². The zero-order valence-electron chi connectivity index (χ0n) is 13.7. The Morgan fingerprint density at radius 2 is 1.88 bits per heavy atom. The molecule has 1 aliphatic heterocycles. The molecule has 1 saturated heterocycles. The molecule has 0 aromatic carbocycles. The second-order valence-corrected chi connectivity index (χ2v) is 5.75.